The summed E-state index contributed by atoms with van der Waals surface area (Å²) >= 11 is 3.44. The van der Waals surface area contributed by atoms with E-state index in [2.05, 4.69) is 36.8 Å². The standard InChI is InChI=1S/C14H17BrN4O2/c1-2-7-17-12(20)8-16-9-13-18-19-14(21-13)10-5-3-4-6-11(10)15/h3-6,16H,2,7-9H2,1H3,(H,17,20). The minimum atomic E-state index is -0.0395. The van der Waals surface area contributed by atoms with E-state index in [1.54, 1.807) is 0 Å². The van der Waals surface area contributed by atoms with E-state index in [0.717, 1.165) is 16.5 Å². The normalized spacial score (nSPS) is 10.6. The summed E-state index contributed by atoms with van der Waals surface area (Å²) in [5.74, 6) is 0.862. The van der Waals surface area contributed by atoms with Gasteiger partial charge in [-0.2, -0.15) is 0 Å². The van der Waals surface area contributed by atoms with Crippen molar-refractivity contribution in [3.05, 3.63) is 34.6 Å². The Hall–Kier alpha value is -1.73. The predicted molar refractivity (Wildman–Crippen MR) is 82.4 cm³/mol. The average Bonchev–Trinajstić information content (AvgIpc) is 2.94. The molecule has 2 rings (SSSR count). The molecule has 112 valence electrons. The first-order valence-electron chi connectivity index (χ1n) is 6.75. The summed E-state index contributed by atoms with van der Waals surface area (Å²) in [6.45, 7) is 3.28. The van der Waals surface area contributed by atoms with Crippen LogP contribution in [0.25, 0.3) is 11.5 Å². The number of halogens is 1. The lowest BCUT2D eigenvalue weighted by molar-refractivity contribution is -0.120. The Bertz CT molecular complexity index is 600. The maximum atomic E-state index is 11.4. The van der Waals surface area contributed by atoms with Crippen LogP contribution in [0.3, 0.4) is 0 Å². The highest BCUT2D eigenvalue weighted by Gasteiger charge is 2.11. The van der Waals surface area contributed by atoms with Crippen molar-refractivity contribution in [1.29, 1.82) is 0 Å². The molecular weight excluding hydrogens is 336 g/mol. The van der Waals surface area contributed by atoms with Gasteiger partial charge in [-0.1, -0.05) is 19.1 Å². The van der Waals surface area contributed by atoms with Crippen molar-refractivity contribution in [3.8, 4) is 11.5 Å². The highest BCUT2D eigenvalue weighted by atomic mass is 79.9. The lowest BCUT2D eigenvalue weighted by Crippen LogP contribution is -2.33. The molecule has 0 bridgehead atoms. The third kappa shape index (κ3) is 4.64. The van der Waals surface area contributed by atoms with Gasteiger partial charge >= 0.3 is 0 Å². The number of aromatic nitrogens is 2. The lowest BCUT2D eigenvalue weighted by atomic mass is 10.2. The predicted octanol–water partition coefficient (Wildman–Crippen LogP) is 2.11. The Morgan fingerprint density at radius 2 is 2.14 bits per heavy atom. The highest BCUT2D eigenvalue weighted by molar-refractivity contribution is 9.10. The fraction of sp³-hybridized carbons (Fsp3) is 0.357. The summed E-state index contributed by atoms with van der Waals surface area (Å²) in [5, 5.41) is 13.7. The van der Waals surface area contributed by atoms with Crippen molar-refractivity contribution >= 4 is 21.8 Å². The monoisotopic (exact) mass is 352 g/mol. The number of amides is 1. The summed E-state index contributed by atoms with van der Waals surface area (Å²) in [4.78, 5) is 11.4. The molecule has 1 aromatic heterocycles. The van der Waals surface area contributed by atoms with Crippen LogP contribution < -0.4 is 10.6 Å². The molecule has 0 fully saturated rings. The summed E-state index contributed by atoms with van der Waals surface area (Å²) in [5.41, 5.74) is 0.844. The second-order valence-electron chi connectivity index (χ2n) is 4.43. The van der Waals surface area contributed by atoms with Crippen LogP contribution in [0.5, 0.6) is 0 Å². The first kappa shape index (κ1) is 15.7. The lowest BCUT2D eigenvalue weighted by Gasteiger charge is -2.03. The molecule has 7 heteroatoms. The van der Waals surface area contributed by atoms with Crippen molar-refractivity contribution in [2.45, 2.75) is 19.9 Å². The molecule has 6 nitrogen and oxygen atoms in total. The van der Waals surface area contributed by atoms with Gasteiger partial charge in [0, 0.05) is 11.0 Å². The highest BCUT2D eigenvalue weighted by Crippen LogP contribution is 2.26. The van der Waals surface area contributed by atoms with Gasteiger partial charge in [-0.3, -0.25) is 10.1 Å². The van der Waals surface area contributed by atoms with Gasteiger partial charge in [-0.15, -0.1) is 10.2 Å². The van der Waals surface area contributed by atoms with Crippen molar-refractivity contribution in [1.82, 2.24) is 20.8 Å². The topological polar surface area (TPSA) is 80.0 Å². The van der Waals surface area contributed by atoms with Gasteiger partial charge in [0.05, 0.1) is 18.7 Å². The number of nitrogens with zero attached hydrogens (tertiary/aromatic N) is 2. The molecule has 0 atom stereocenters. The van der Waals surface area contributed by atoms with Crippen molar-refractivity contribution in [2.24, 2.45) is 0 Å². The van der Waals surface area contributed by atoms with E-state index in [1.165, 1.54) is 0 Å². The SMILES string of the molecule is CCCNC(=O)CNCc1nnc(-c2ccccc2Br)o1. The van der Waals surface area contributed by atoms with Crippen LogP contribution in [0.15, 0.2) is 33.2 Å². The van der Waals surface area contributed by atoms with Crippen LogP contribution in [0, 0.1) is 0 Å². The zero-order valence-corrected chi connectivity index (χ0v) is 13.3. The number of carbonyl (C=O) groups is 1. The summed E-state index contributed by atoms with van der Waals surface area (Å²) in [6, 6.07) is 7.63. The number of carbonyl (C=O) groups excluding carboxylic acids is 1. The summed E-state index contributed by atoms with van der Waals surface area (Å²) in [6.07, 6.45) is 0.921. The molecule has 2 N–H and O–H groups in total. The van der Waals surface area contributed by atoms with Gasteiger partial charge < -0.3 is 9.73 Å². The van der Waals surface area contributed by atoms with Crippen molar-refractivity contribution < 1.29 is 9.21 Å². The van der Waals surface area contributed by atoms with Gasteiger partial charge in [-0.25, -0.2) is 0 Å². The Kier molecular flexibility index (Phi) is 5.89. The molecule has 0 aliphatic carbocycles. The van der Waals surface area contributed by atoms with E-state index >= 15 is 0 Å². The molecule has 0 unspecified atom stereocenters. The molecule has 1 amide bonds. The molecule has 1 aromatic carbocycles. The molecule has 0 radical (unpaired) electrons. The number of hydrogen-bond donors (Lipinski definition) is 2. The first-order chi connectivity index (χ1) is 10.2. The molecular formula is C14H17BrN4O2. The van der Waals surface area contributed by atoms with Crippen LogP contribution in [-0.4, -0.2) is 29.2 Å². The zero-order chi connectivity index (χ0) is 15.1. The maximum Gasteiger partial charge on any atom is 0.248 e. The molecule has 0 saturated carbocycles. The minimum absolute atomic E-state index is 0.0395. The zero-order valence-electron chi connectivity index (χ0n) is 11.7. The van der Waals surface area contributed by atoms with E-state index in [9.17, 15) is 4.79 Å². The van der Waals surface area contributed by atoms with Crippen LogP contribution in [0.2, 0.25) is 0 Å². The van der Waals surface area contributed by atoms with Gasteiger partial charge in [0.2, 0.25) is 17.7 Å². The average molecular weight is 353 g/mol. The quantitative estimate of drug-likeness (QED) is 0.797. The Labute approximate surface area is 131 Å². The van der Waals surface area contributed by atoms with Crippen molar-refractivity contribution in [2.75, 3.05) is 13.1 Å². The second kappa shape index (κ2) is 7.90. The largest absolute Gasteiger partial charge is 0.419 e. The van der Waals surface area contributed by atoms with Crippen LogP contribution >= 0.6 is 15.9 Å². The number of nitrogens with one attached hydrogen (secondary N) is 2. The fourth-order valence-corrected chi connectivity index (χ4v) is 2.13. The summed E-state index contributed by atoms with van der Waals surface area (Å²) < 4.78 is 6.46. The van der Waals surface area contributed by atoms with Gasteiger partial charge in [0.25, 0.3) is 0 Å². The van der Waals surface area contributed by atoms with E-state index < -0.39 is 0 Å². The van der Waals surface area contributed by atoms with E-state index in [1.807, 2.05) is 31.2 Å². The third-order valence-corrected chi connectivity index (χ3v) is 3.40. The molecule has 1 heterocycles. The van der Waals surface area contributed by atoms with E-state index in [4.69, 9.17) is 4.42 Å². The molecule has 0 aliphatic heterocycles. The van der Waals surface area contributed by atoms with E-state index in [-0.39, 0.29) is 12.5 Å². The fourth-order valence-electron chi connectivity index (χ4n) is 1.68. The number of rotatable bonds is 7. The van der Waals surface area contributed by atoms with Crippen LogP contribution in [-0.2, 0) is 11.3 Å². The Balaban J connectivity index is 1.87. The Morgan fingerprint density at radius 1 is 1.33 bits per heavy atom. The molecule has 0 saturated heterocycles. The van der Waals surface area contributed by atoms with Gasteiger partial charge in [0.15, 0.2) is 0 Å². The van der Waals surface area contributed by atoms with Crippen LogP contribution in [0.4, 0.5) is 0 Å². The van der Waals surface area contributed by atoms with Gasteiger partial charge in [0.1, 0.15) is 0 Å². The maximum absolute atomic E-state index is 11.4. The van der Waals surface area contributed by atoms with E-state index in [0.29, 0.717) is 24.9 Å². The minimum Gasteiger partial charge on any atom is -0.419 e. The Morgan fingerprint density at radius 3 is 2.90 bits per heavy atom. The molecule has 21 heavy (non-hydrogen) atoms. The number of benzene rings is 1. The summed E-state index contributed by atoms with van der Waals surface area (Å²) in [7, 11) is 0. The molecule has 0 aliphatic rings. The van der Waals surface area contributed by atoms with Gasteiger partial charge in [-0.05, 0) is 34.5 Å². The third-order valence-electron chi connectivity index (χ3n) is 2.71. The second-order valence-corrected chi connectivity index (χ2v) is 5.29. The molecule has 2 aromatic rings. The first-order valence-corrected chi connectivity index (χ1v) is 7.54. The van der Waals surface area contributed by atoms with Crippen LogP contribution in [0.1, 0.15) is 19.2 Å². The van der Waals surface area contributed by atoms with Crippen molar-refractivity contribution in [3.63, 3.8) is 0 Å². The number of hydrogen-bond acceptors (Lipinski definition) is 5. The smallest absolute Gasteiger partial charge is 0.248 e. The molecule has 0 spiro atoms.